The monoisotopic (exact) mass is 300 g/mol. The van der Waals surface area contributed by atoms with Gasteiger partial charge in [-0.15, -0.1) is 0 Å². The van der Waals surface area contributed by atoms with Crippen molar-refractivity contribution in [2.45, 2.75) is 50.2 Å². The number of nitrogens with zero attached hydrogens (tertiary/aromatic N) is 1. The number of fused-ring (bicyclic) bond motifs is 2. The normalized spacial score (nSPS) is 33.0. The lowest BCUT2D eigenvalue weighted by Gasteiger charge is -2.59. The average molecular weight is 300 g/mol. The molecule has 3 atom stereocenters. The number of benzene rings is 1. The van der Waals surface area contributed by atoms with Crippen LogP contribution >= 0.6 is 0 Å². The van der Waals surface area contributed by atoms with Crippen LogP contribution in [0.5, 0.6) is 5.75 Å². The van der Waals surface area contributed by atoms with E-state index < -0.39 is 5.72 Å². The second kappa shape index (κ2) is 5.27. The van der Waals surface area contributed by atoms with Gasteiger partial charge in [-0.25, -0.2) is 0 Å². The second-order valence-corrected chi connectivity index (χ2v) is 6.84. The molecule has 3 unspecified atom stereocenters. The number of hydrogen-bond donors (Lipinski definition) is 1. The predicted molar refractivity (Wildman–Crippen MR) is 84.5 cm³/mol. The Hall–Kier alpha value is -1.55. The SMILES string of the molecule is NCCCN1C(=O)CC2c3ccccc3OC13CCCCC23. The number of amides is 1. The van der Waals surface area contributed by atoms with E-state index in [0.29, 0.717) is 24.8 Å². The summed E-state index contributed by atoms with van der Waals surface area (Å²) < 4.78 is 6.54. The van der Waals surface area contributed by atoms with Crippen LogP contribution in [0.2, 0.25) is 0 Å². The van der Waals surface area contributed by atoms with Gasteiger partial charge in [-0.1, -0.05) is 24.6 Å². The Kier molecular flexibility index (Phi) is 3.37. The van der Waals surface area contributed by atoms with E-state index in [0.717, 1.165) is 38.0 Å². The quantitative estimate of drug-likeness (QED) is 0.933. The molecule has 2 heterocycles. The van der Waals surface area contributed by atoms with Crippen molar-refractivity contribution in [2.24, 2.45) is 11.7 Å². The fraction of sp³-hybridized carbons (Fsp3) is 0.611. The van der Waals surface area contributed by atoms with Gasteiger partial charge in [-0.3, -0.25) is 4.79 Å². The van der Waals surface area contributed by atoms with Gasteiger partial charge in [0.15, 0.2) is 5.72 Å². The highest BCUT2D eigenvalue weighted by atomic mass is 16.5. The Morgan fingerprint density at radius 1 is 1.32 bits per heavy atom. The van der Waals surface area contributed by atoms with Gasteiger partial charge in [-0.05, 0) is 37.4 Å². The minimum atomic E-state index is -0.415. The summed E-state index contributed by atoms with van der Waals surface area (Å²) in [6.45, 7) is 1.34. The number of piperidine rings is 1. The maximum absolute atomic E-state index is 12.8. The third-order valence-corrected chi connectivity index (χ3v) is 5.71. The number of para-hydroxylation sites is 1. The van der Waals surface area contributed by atoms with E-state index in [2.05, 4.69) is 18.2 Å². The summed E-state index contributed by atoms with van der Waals surface area (Å²) in [6, 6.07) is 8.29. The molecule has 4 heteroatoms. The van der Waals surface area contributed by atoms with Gasteiger partial charge >= 0.3 is 0 Å². The van der Waals surface area contributed by atoms with Crippen LogP contribution < -0.4 is 10.5 Å². The molecular formula is C18H24N2O2. The Bertz CT molecular complexity index is 588. The molecule has 118 valence electrons. The van der Waals surface area contributed by atoms with Crippen LogP contribution in [0, 0.1) is 5.92 Å². The van der Waals surface area contributed by atoms with E-state index in [9.17, 15) is 4.79 Å². The molecule has 4 nitrogen and oxygen atoms in total. The third kappa shape index (κ3) is 1.89. The molecule has 2 aliphatic heterocycles. The first kappa shape index (κ1) is 14.1. The summed E-state index contributed by atoms with van der Waals surface area (Å²) in [4.78, 5) is 14.8. The van der Waals surface area contributed by atoms with Crippen LogP contribution in [-0.2, 0) is 4.79 Å². The fourth-order valence-electron chi connectivity index (χ4n) is 4.80. The van der Waals surface area contributed by atoms with Crippen molar-refractivity contribution in [3.8, 4) is 5.75 Å². The van der Waals surface area contributed by atoms with Crippen LogP contribution in [0.25, 0.3) is 0 Å². The largest absolute Gasteiger partial charge is 0.467 e. The van der Waals surface area contributed by atoms with Crippen molar-refractivity contribution in [3.63, 3.8) is 0 Å². The Morgan fingerprint density at radius 3 is 3.05 bits per heavy atom. The van der Waals surface area contributed by atoms with E-state index in [4.69, 9.17) is 10.5 Å². The standard InChI is InChI=1S/C18H24N2O2/c19-10-5-11-20-17(21)12-14-13-6-1-2-8-16(13)22-18(20)9-4-3-7-15(14)18/h1-2,6,8,14-15H,3-5,7,9-12,19H2. The number of nitrogens with two attached hydrogens (primary N) is 1. The first-order chi connectivity index (χ1) is 10.8. The summed E-state index contributed by atoms with van der Waals surface area (Å²) in [6.07, 6.45) is 5.96. The lowest BCUT2D eigenvalue weighted by atomic mass is 9.65. The summed E-state index contributed by atoms with van der Waals surface area (Å²) >= 11 is 0. The third-order valence-electron chi connectivity index (χ3n) is 5.71. The zero-order valence-corrected chi connectivity index (χ0v) is 13.0. The van der Waals surface area contributed by atoms with Crippen molar-refractivity contribution in [2.75, 3.05) is 13.1 Å². The number of ether oxygens (including phenoxy) is 1. The van der Waals surface area contributed by atoms with E-state index in [1.165, 1.54) is 12.0 Å². The Balaban J connectivity index is 1.80. The molecule has 4 rings (SSSR count). The molecule has 0 aromatic heterocycles. The molecule has 0 radical (unpaired) electrons. The Morgan fingerprint density at radius 2 is 2.18 bits per heavy atom. The van der Waals surface area contributed by atoms with Crippen LogP contribution in [-0.4, -0.2) is 29.6 Å². The highest BCUT2D eigenvalue weighted by Gasteiger charge is 2.59. The zero-order valence-electron chi connectivity index (χ0n) is 13.0. The van der Waals surface area contributed by atoms with Crippen LogP contribution in [0.4, 0.5) is 0 Å². The predicted octanol–water partition coefficient (Wildman–Crippen LogP) is 2.63. The molecule has 1 saturated heterocycles. The Labute approximate surface area is 131 Å². The van der Waals surface area contributed by atoms with Gasteiger partial charge in [0.1, 0.15) is 5.75 Å². The number of hydrogen-bond acceptors (Lipinski definition) is 3. The molecule has 2 fully saturated rings. The molecule has 2 N–H and O–H groups in total. The molecule has 0 spiro atoms. The number of carbonyl (C=O) groups excluding carboxylic acids is 1. The van der Waals surface area contributed by atoms with Gasteiger partial charge in [0, 0.05) is 31.2 Å². The van der Waals surface area contributed by atoms with Crippen LogP contribution in [0.1, 0.15) is 50.0 Å². The molecule has 1 aromatic carbocycles. The van der Waals surface area contributed by atoms with Crippen LogP contribution in [0.3, 0.4) is 0 Å². The smallest absolute Gasteiger partial charge is 0.226 e. The molecule has 1 saturated carbocycles. The summed E-state index contributed by atoms with van der Waals surface area (Å²) in [5, 5.41) is 0. The highest BCUT2D eigenvalue weighted by Crippen LogP contribution is 2.56. The number of rotatable bonds is 3. The van der Waals surface area contributed by atoms with E-state index in [1.54, 1.807) is 0 Å². The van der Waals surface area contributed by atoms with E-state index in [1.807, 2.05) is 11.0 Å². The summed E-state index contributed by atoms with van der Waals surface area (Å²) in [5.41, 5.74) is 6.50. The maximum atomic E-state index is 12.8. The lowest BCUT2D eigenvalue weighted by molar-refractivity contribution is -0.198. The summed E-state index contributed by atoms with van der Waals surface area (Å²) in [5.74, 6) is 1.99. The van der Waals surface area contributed by atoms with Gasteiger partial charge in [0.25, 0.3) is 0 Å². The van der Waals surface area contributed by atoms with Gasteiger partial charge in [-0.2, -0.15) is 0 Å². The maximum Gasteiger partial charge on any atom is 0.226 e. The van der Waals surface area contributed by atoms with Crippen molar-refractivity contribution in [1.29, 1.82) is 0 Å². The molecule has 1 aliphatic carbocycles. The van der Waals surface area contributed by atoms with Crippen molar-refractivity contribution in [1.82, 2.24) is 4.90 Å². The van der Waals surface area contributed by atoms with Gasteiger partial charge in [0.05, 0.1) is 0 Å². The fourth-order valence-corrected chi connectivity index (χ4v) is 4.80. The minimum absolute atomic E-state index is 0.242. The lowest BCUT2D eigenvalue weighted by Crippen LogP contribution is -2.67. The summed E-state index contributed by atoms with van der Waals surface area (Å²) in [7, 11) is 0. The first-order valence-corrected chi connectivity index (χ1v) is 8.55. The number of carbonyl (C=O) groups is 1. The van der Waals surface area contributed by atoms with Crippen molar-refractivity contribution in [3.05, 3.63) is 29.8 Å². The second-order valence-electron chi connectivity index (χ2n) is 6.84. The van der Waals surface area contributed by atoms with E-state index in [-0.39, 0.29) is 5.91 Å². The van der Waals surface area contributed by atoms with E-state index >= 15 is 0 Å². The van der Waals surface area contributed by atoms with Gasteiger partial charge < -0.3 is 15.4 Å². The first-order valence-electron chi connectivity index (χ1n) is 8.55. The molecule has 22 heavy (non-hydrogen) atoms. The highest BCUT2D eigenvalue weighted by molar-refractivity contribution is 5.80. The molecular weight excluding hydrogens is 276 g/mol. The number of likely N-dealkylation sites (tertiary alicyclic amines) is 1. The minimum Gasteiger partial charge on any atom is -0.467 e. The molecule has 1 amide bonds. The van der Waals surface area contributed by atoms with Crippen molar-refractivity contribution >= 4 is 5.91 Å². The average Bonchev–Trinajstić information content (AvgIpc) is 2.54. The molecule has 3 aliphatic rings. The molecule has 2 bridgehead atoms. The van der Waals surface area contributed by atoms with Gasteiger partial charge in [0.2, 0.25) is 5.91 Å². The topological polar surface area (TPSA) is 55.6 Å². The van der Waals surface area contributed by atoms with Crippen LogP contribution in [0.15, 0.2) is 24.3 Å². The molecule has 1 aromatic rings. The van der Waals surface area contributed by atoms with Crippen molar-refractivity contribution < 1.29 is 9.53 Å². The zero-order chi connectivity index (χ0) is 15.2.